The number of hydrogen-bond acceptors (Lipinski definition) is 10. The molecule has 0 bridgehead atoms. The maximum Gasteiger partial charge on any atom is 0.452 e. The summed E-state index contributed by atoms with van der Waals surface area (Å²) in [7, 11) is 0. The minimum Gasteiger partial charge on any atom is -0.507 e. The fourth-order valence-electron chi connectivity index (χ4n) is 4.85. The normalized spacial score (nSPS) is 11.8. The van der Waals surface area contributed by atoms with Gasteiger partial charge in [0.15, 0.2) is 5.82 Å². The van der Waals surface area contributed by atoms with Crippen LogP contribution in [0.5, 0.6) is 5.75 Å². The Labute approximate surface area is 330 Å². The summed E-state index contributed by atoms with van der Waals surface area (Å²) in [5.74, 6) is -3.12. The minimum atomic E-state index is -4.78. The third kappa shape index (κ3) is 13.7. The molecule has 58 heavy (non-hydrogen) atoms. The lowest BCUT2D eigenvalue weighted by atomic mass is 10.1. The summed E-state index contributed by atoms with van der Waals surface area (Å²) in [6.07, 6.45) is -3.51. The number of ether oxygens (including phenoxy) is 1. The molecule has 0 aliphatic heterocycles. The van der Waals surface area contributed by atoms with Crippen LogP contribution in [0.4, 0.5) is 34.0 Å². The number of amides is 3. The molecule has 19 heteroatoms. The molecular formula is C39H44F4N8O7. The number of nitrogens with zero attached hydrogens (tertiary/aromatic N) is 3. The van der Waals surface area contributed by atoms with Gasteiger partial charge in [-0.2, -0.15) is 18.2 Å². The van der Waals surface area contributed by atoms with Gasteiger partial charge in [-0.05, 0) is 75.2 Å². The molecular weight excluding hydrogens is 768 g/mol. The molecule has 310 valence electrons. The van der Waals surface area contributed by atoms with Crippen LogP contribution in [0.2, 0.25) is 0 Å². The van der Waals surface area contributed by atoms with E-state index in [0.29, 0.717) is 22.4 Å². The van der Waals surface area contributed by atoms with Crippen molar-refractivity contribution in [3.63, 3.8) is 0 Å². The monoisotopic (exact) mass is 812 g/mol. The van der Waals surface area contributed by atoms with Crippen LogP contribution in [0.3, 0.4) is 0 Å². The van der Waals surface area contributed by atoms with E-state index in [1.54, 1.807) is 30.3 Å². The van der Waals surface area contributed by atoms with E-state index in [9.17, 15) is 42.0 Å². The highest BCUT2D eigenvalue weighted by Gasteiger charge is 2.35. The van der Waals surface area contributed by atoms with Crippen LogP contribution in [0.15, 0.2) is 95.1 Å². The number of nitrogens with one attached hydrogen (secondary N) is 3. The zero-order chi connectivity index (χ0) is 43.2. The van der Waals surface area contributed by atoms with Crippen molar-refractivity contribution in [2.24, 2.45) is 10.7 Å². The lowest BCUT2D eigenvalue weighted by Gasteiger charge is -2.17. The van der Waals surface area contributed by atoms with Gasteiger partial charge in [0.1, 0.15) is 24.7 Å². The van der Waals surface area contributed by atoms with E-state index in [2.05, 4.69) is 37.4 Å². The number of hydrogen-bond donors (Lipinski definition) is 6. The zero-order valence-electron chi connectivity index (χ0n) is 32.0. The summed E-state index contributed by atoms with van der Waals surface area (Å²) in [6.45, 7) is 9.39. The second-order valence-corrected chi connectivity index (χ2v) is 13.0. The van der Waals surface area contributed by atoms with Gasteiger partial charge in [-0.1, -0.05) is 43.3 Å². The van der Waals surface area contributed by atoms with E-state index in [1.807, 2.05) is 45.9 Å². The van der Waals surface area contributed by atoms with Crippen molar-refractivity contribution in [1.82, 2.24) is 20.2 Å². The van der Waals surface area contributed by atoms with Gasteiger partial charge >= 0.3 is 12.3 Å². The number of amidine groups is 1. The first-order valence-corrected chi connectivity index (χ1v) is 17.6. The van der Waals surface area contributed by atoms with Crippen LogP contribution in [-0.4, -0.2) is 56.7 Å². The summed E-state index contributed by atoms with van der Waals surface area (Å²) in [5.41, 5.74) is 14.3. The Morgan fingerprint density at radius 3 is 2.31 bits per heavy atom. The Bertz CT molecular complexity index is 2180. The van der Waals surface area contributed by atoms with Crippen LogP contribution >= 0.6 is 0 Å². The Kier molecular flexibility index (Phi) is 16.3. The molecule has 1 atom stereocenters. The molecule has 4 rings (SSSR count). The van der Waals surface area contributed by atoms with Crippen LogP contribution in [0.25, 0.3) is 11.3 Å². The molecule has 3 amide bonds. The first-order chi connectivity index (χ1) is 27.3. The number of phenols is 1. The number of phenolic OH excluding ortho intramolecular Hbond substituents is 1. The van der Waals surface area contributed by atoms with Crippen molar-refractivity contribution >= 4 is 35.2 Å². The van der Waals surface area contributed by atoms with Crippen molar-refractivity contribution in [2.75, 3.05) is 11.1 Å². The number of carbonyl (C=O) groups is 3. The number of benzene rings is 3. The van der Waals surface area contributed by atoms with Gasteiger partial charge < -0.3 is 37.3 Å². The Morgan fingerprint density at radius 2 is 1.72 bits per heavy atom. The number of aliphatic imine (C=N–C) groups is 1. The Hall–Kier alpha value is -6.92. The van der Waals surface area contributed by atoms with E-state index in [-0.39, 0.29) is 66.3 Å². The first-order valence-electron chi connectivity index (χ1n) is 17.6. The van der Waals surface area contributed by atoms with Crippen molar-refractivity contribution in [2.45, 2.75) is 72.1 Å². The second kappa shape index (κ2) is 20.8. The van der Waals surface area contributed by atoms with Gasteiger partial charge in [-0.15, -0.1) is 0 Å². The Balaban J connectivity index is 0.00000101. The predicted molar refractivity (Wildman–Crippen MR) is 209 cm³/mol. The van der Waals surface area contributed by atoms with Crippen LogP contribution in [-0.2, 0) is 34.2 Å². The quantitative estimate of drug-likeness (QED) is 0.0290. The molecule has 0 unspecified atom stereocenters. The van der Waals surface area contributed by atoms with Gasteiger partial charge in [0.2, 0.25) is 11.7 Å². The number of halogens is 4. The molecule has 8 N–H and O–H groups in total. The first kappa shape index (κ1) is 45.5. The minimum absolute atomic E-state index is 0.00662. The lowest BCUT2D eigenvalue weighted by Crippen LogP contribution is -2.35. The maximum atomic E-state index is 13.6. The number of alkyl halides is 3. The molecule has 0 radical (unpaired) electrons. The smallest absolute Gasteiger partial charge is 0.452 e. The topological polar surface area (TPSA) is 225 Å². The average molecular weight is 813 g/mol. The average Bonchev–Trinajstić information content (AvgIpc) is 3.17. The number of nitrogen functional groups attached to an aromatic ring is 1. The summed E-state index contributed by atoms with van der Waals surface area (Å²) in [6, 6.07) is 18.1. The molecule has 0 saturated carbocycles. The highest BCUT2D eigenvalue weighted by Crippen LogP contribution is 2.25. The molecule has 1 heterocycles. The molecule has 0 spiro atoms. The zero-order valence-corrected chi connectivity index (χ0v) is 32.0. The molecule has 0 aliphatic carbocycles. The van der Waals surface area contributed by atoms with Crippen LogP contribution < -0.4 is 33.0 Å². The fourth-order valence-corrected chi connectivity index (χ4v) is 4.85. The van der Waals surface area contributed by atoms with Gasteiger partial charge in [0.05, 0.1) is 17.5 Å². The largest absolute Gasteiger partial charge is 0.507 e. The van der Waals surface area contributed by atoms with Crippen molar-refractivity contribution in [3.8, 4) is 17.0 Å². The third-order valence-electron chi connectivity index (χ3n) is 7.94. The number of nitrogens with two attached hydrogens (primary N) is 2. The summed E-state index contributed by atoms with van der Waals surface area (Å²) >= 11 is 0. The maximum absolute atomic E-state index is 13.6. The fraction of sp³-hybridized carbons (Fsp3) is 0.282. The van der Waals surface area contributed by atoms with Crippen molar-refractivity contribution in [3.05, 3.63) is 118 Å². The molecule has 0 saturated heterocycles. The van der Waals surface area contributed by atoms with Gasteiger partial charge in [-0.25, -0.2) is 9.78 Å². The highest BCUT2D eigenvalue weighted by atomic mass is 19.4. The number of allylic oxidation sites excluding steroid dienone is 1. The van der Waals surface area contributed by atoms with E-state index < -0.39 is 29.5 Å². The standard InChI is InChI=1S/C36H42N8O6.C3H2F4O/c1-5-22(4)42-34(47)26-14-25(15-27(37)16-26)29-18-40-33(41-21(2)3)35(48)44(29)19-31(46)39-17-24-11-12-28(30(45)13-24)32(38)43-36(49)50-20-23-9-7-6-8-10-23;1-2(8-7)3(4,5)6/h6-16,18,21-22,45H,5,17,19-20,37H2,1-4H3,(H,39,46)(H,40,41)(H,42,47)(H2,38,43,49);1H2/t22-;/m0./s1. The molecule has 1 aromatic heterocycles. The van der Waals surface area contributed by atoms with Crippen LogP contribution in [0.1, 0.15) is 61.2 Å². The second-order valence-electron chi connectivity index (χ2n) is 13.0. The van der Waals surface area contributed by atoms with E-state index in [1.165, 1.54) is 29.0 Å². The number of rotatable bonds is 14. The van der Waals surface area contributed by atoms with E-state index in [0.717, 1.165) is 12.0 Å². The van der Waals surface area contributed by atoms with E-state index >= 15 is 0 Å². The number of aromatic nitrogens is 2. The highest BCUT2D eigenvalue weighted by molar-refractivity contribution is 6.04. The number of anilines is 2. The summed E-state index contributed by atoms with van der Waals surface area (Å²) < 4.78 is 49.9. The third-order valence-corrected chi connectivity index (χ3v) is 7.94. The van der Waals surface area contributed by atoms with Gasteiger partial charge in [0.25, 0.3) is 11.5 Å². The number of carbonyl (C=O) groups excluding carboxylic acids is 3. The predicted octanol–water partition coefficient (Wildman–Crippen LogP) is 5.87. The molecule has 4 aromatic rings. The summed E-state index contributed by atoms with van der Waals surface area (Å²) in [5, 5.41) is 19.3. The number of aromatic hydroxyl groups is 1. The summed E-state index contributed by atoms with van der Waals surface area (Å²) in [4.78, 5) is 62.2. The SMILES string of the molecule is C=C(OF)C(F)(F)F.CC[C@H](C)NC(=O)c1cc(N)cc(-c2cnc(NC(C)C)c(=O)n2CC(=O)NCc2ccc(/C(N)=N/C(=O)OCc3ccccc3)c(O)c2)c1. The van der Waals surface area contributed by atoms with E-state index in [4.69, 9.17) is 16.2 Å². The molecule has 0 fully saturated rings. The van der Waals surface area contributed by atoms with Gasteiger partial charge in [0, 0.05) is 40.0 Å². The van der Waals surface area contributed by atoms with Gasteiger partial charge in [-0.3, -0.25) is 23.9 Å². The van der Waals surface area contributed by atoms with Crippen LogP contribution in [0, 0.1) is 0 Å². The molecule has 15 nitrogen and oxygen atoms in total. The molecule has 3 aromatic carbocycles. The molecule has 0 aliphatic rings. The van der Waals surface area contributed by atoms with Crippen molar-refractivity contribution < 1.29 is 46.9 Å². The van der Waals surface area contributed by atoms with Crippen molar-refractivity contribution in [1.29, 1.82) is 0 Å². The Morgan fingerprint density at radius 1 is 1.03 bits per heavy atom. The lowest BCUT2D eigenvalue weighted by molar-refractivity contribution is -0.193.